The van der Waals surface area contributed by atoms with Crippen molar-refractivity contribution in [2.24, 2.45) is 11.8 Å². The van der Waals surface area contributed by atoms with Crippen molar-refractivity contribution in [3.63, 3.8) is 0 Å². The van der Waals surface area contributed by atoms with Crippen LogP contribution in [0.15, 0.2) is 12.5 Å². The zero-order valence-corrected chi connectivity index (χ0v) is 15.3. The minimum Gasteiger partial charge on any atom is -0.456 e. The molecule has 0 radical (unpaired) electrons. The lowest BCUT2D eigenvalue weighted by atomic mass is 9.90. The fourth-order valence-corrected chi connectivity index (χ4v) is 4.85. The van der Waals surface area contributed by atoms with E-state index in [1.807, 2.05) is 0 Å². The third-order valence-corrected chi connectivity index (χ3v) is 6.76. The van der Waals surface area contributed by atoms with E-state index in [1.165, 1.54) is 24.2 Å². The Kier molecular flexibility index (Phi) is 3.74. The predicted molar refractivity (Wildman–Crippen MR) is 96.8 cm³/mol. The Balaban J connectivity index is 1.44. The van der Waals surface area contributed by atoms with Crippen molar-refractivity contribution in [1.82, 2.24) is 5.32 Å². The topological polar surface area (TPSA) is 76.7 Å². The van der Waals surface area contributed by atoms with E-state index in [2.05, 4.69) is 10.6 Å². The smallest absolute Gasteiger partial charge is 0.254 e. The molecule has 5 rings (SSSR count). The van der Waals surface area contributed by atoms with Crippen LogP contribution in [0.2, 0.25) is 0 Å². The first-order valence-corrected chi connectivity index (χ1v) is 10.2. The molecular weight excluding hydrogens is 352 g/mol. The molecule has 2 N–H and O–H groups in total. The Hall–Kier alpha value is -2.02. The molecule has 3 aliphatic carbocycles. The van der Waals surface area contributed by atoms with Gasteiger partial charge >= 0.3 is 0 Å². The zero-order chi connectivity index (χ0) is 17.7. The summed E-state index contributed by atoms with van der Waals surface area (Å²) in [5, 5.41) is 6.75. The number of ether oxygens (including phenoxy) is 2. The lowest BCUT2D eigenvalue weighted by Gasteiger charge is -2.31. The van der Waals surface area contributed by atoms with Crippen LogP contribution < -0.4 is 10.6 Å². The van der Waals surface area contributed by atoms with Gasteiger partial charge in [0.25, 0.3) is 11.7 Å². The average molecular weight is 374 g/mol. The monoisotopic (exact) mass is 374 g/mol. The van der Waals surface area contributed by atoms with Crippen molar-refractivity contribution in [3.8, 4) is 0 Å². The minimum absolute atomic E-state index is 0.0320. The highest BCUT2D eigenvalue weighted by Gasteiger charge is 2.43. The Morgan fingerprint density at radius 2 is 1.96 bits per heavy atom. The van der Waals surface area contributed by atoms with Gasteiger partial charge < -0.3 is 20.1 Å². The van der Waals surface area contributed by atoms with E-state index in [9.17, 15) is 9.59 Å². The van der Waals surface area contributed by atoms with Crippen LogP contribution in [-0.4, -0.2) is 24.1 Å². The summed E-state index contributed by atoms with van der Waals surface area (Å²) in [4.78, 5) is 26.4. The Morgan fingerprint density at radius 3 is 2.65 bits per heavy atom. The highest BCUT2D eigenvalue weighted by atomic mass is 32.1. The molecule has 1 spiro atoms. The van der Waals surface area contributed by atoms with E-state index in [0.717, 1.165) is 36.1 Å². The molecule has 138 valence electrons. The molecule has 26 heavy (non-hydrogen) atoms. The number of carbonyl (C=O) groups excluding carboxylic acids is 2. The number of thiophene rings is 1. The van der Waals surface area contributed by atoms with Gasteiger partial charge in [0.15, 0.2) is 0 Å². The van der Waals surface area contributed by atoms with Crippen molar-refractivity contribution in [2.45, 2.75) is 50.7 Å². The van der Waals surface area contributed by atoms with Crippen LogP contribution in [0, 0.1) is 11.8 Å². The molecule has 2 fully saturated rings. The van der Waals surface area contributed by atoms with E-state index in [0.29, 0.717) is 29.4 Å². The molecule has 2 heterocycles. The highest BCUT2D eigenvalue weighted by molar-refractivity contribution is 7.17. The van der Waals surface area contributed by atoms with Gasteiger partial charge in [-0.05, 0) is 43.6 Å². The quantitative estimate of drug-likeness (QED) is 0.831. The molecule has 0 aromatic carbocycles. The van der Waals surface area contributed by atoms with E-state index in [1.54, 1.807) is 12.5 Å². The van der Waals surface area contributed by atoms with Crippen LogP contribution in [0.5, 0.6) is 0 Å². The number of hydrogen-bond acceptors (Lipinski definition) is 5. The molecule has 6 nitrogen and oxygen atoms in total. The maximum atomic E-state index is 12.9. The van der Waals surface area contributed by atoms with E-state index in [4.69, 9.17) is 9.47 Å². The number of anilines is 1. The third-order valence-electron chi connectivity index (χ3n) is 5.55. The fraction of sp³-hybridized carbons (Fsp3) is 0.579. The number of fused-ring (bicyclic) bond motifs is 1. The number of hydrogen-bond donors (Lipinski definition) is 2. The van der Waals surface area contributed by atoms with Crippen LogP contribution in [0.1, 0.15) is 52.9 Å². The van der Waals surface area contributed by atoms with Crippen molar-refractivity contribution >= 4 is 28.2 Å². The first kappa shape index (κ1) is 16.2. The largest absolute Gasteiger partial charge is 0.456 e. The maximum absolute atomic E-state index is 12.9. The van der Waals surface area contributed by atoms with E-state index < -0.39 is 5.79 Å². The lowest BCUT2D eigenvalue weighted by molar-refractivity contribution is -0.148. The van der Waals surface area contributed by atoms with Gasteiger partial charge in [0.2, 0.25) is 5.91 Å². The fourth-order valence-electron chi connectivity index (χ4n) is 3.63. The van der Waals surface area contributed by atoms with Gasteiger partial charge in [-0.2, -0.15) is 0 Å². The molecular formula is C19H22N2O4S. The van der Waals surface area contributed by atoms with Gasteiger partial charge in [0.05, 0.1) is 12.0 Å². The van der Waals surface area contributed by atoms with E-state index >= 15 is 0 Å². The highest BCUT2D eigenvalue weighted by Crippen LogP contribution is 2.44. The Morgan fingerprint density at radius 1 is 1.19 bits per heavy atom. The number of carbonyl (C=O) groups is 2. The van der Waals surface area contributed by atoms with Gasteiger partial charge in [-0.1, -0.05) is 0 Å². The van der Waals surface area contributed by atoms with Crippen LogP contribution in [0.25, 0.3) is 0 Å². The van der Waals surface area contributed by atoms with Gasteiger partial charge in [0, 0.05) is 23.8 Å². The van der Waals surface area contributed by atoms with Gasteiger partial charge in [-0.3, -0.25) is 9.59 Å². The molecule has 1 aromatic rings. The third kappa shape index (κ3) is 2.98. The zero-order valence-electron chi connectivity index (χ0n) is 14.5. The van der Waals surface area contributed by atoms with Crippen LogP contribution >= 0.6 is 11.3 Å². The van der Waals surface area contributed by atoms with Crippen LogP contribution in [-0.2, 0) is 27.1 Å². The van der Waals surface area contributed by atoms with Gasteiger partial charge in [0.1, 0.15) is 17.5 Å². The van der Waals surface area contributed by atoms with Crippen molar-refractivity contribution in [1.29, 1.82) is 0 Å². The van der Waals surface area contributed by atoms with Gasteiger partial charge in [-0.25, -0.2) is 0 Å². The molecule has 0 unspecified atom stereocenters. The first-order chi connectivity index (χ1) is 12.6. The molecule has 0 saturated heterocycles. The molecule has 0 bridgehead atoms. The molecule has 1 aromatic heterocycles. The van der Waals surface area contributed by atoms with Crippen LogP contribution in [0.3, 0.4) is 0 Å². The molecule has 7 heteroatoms. The first-order valence-electron chi connectivity index (χ1n) is 9.38. The van der Waals surface area contributed by atoms with Crippen LogP contribution in [0.4, 0.5) is 5.00 Å². The molecule has 2 saturated carbocycles. The summed E-state index contributed by atoms with van der Waals surface area (Å²) < 4.78 is 11.4. The summed E-state index contributed by atoms with van der Waals surface area (Å²) >= 11 is 1.53. The molecule has 1 aliphatic heterocycles. The predicted octanol–water partition coefficient (Wildman–Crippen LogP) is 2.94. The molecule has 4 aliphatic rings. The second-order valence-corrected chi connectivity index (χ2v) is 8.83. The second-order valence-electron chi connectivity index (χ2n) is 7.72. The summed E-state index contributed by atoms with van der Waals surface area (Å²) in [7, 11) is 0. The average Bonchev–Trinajstić information content (AvgIpc) is 3.55. The summed E-state index contributed by atoms with van der Waals surface area (Å²) in [6, 6.07) is 0. The number of amides is 2. The number of nitrogens with one attached hydrogen (secondary N) is 2. The van der Waals surface area contributed by atoms with E-state index in [-0.39, 0.29) is 17.7 Å². The molecule has 0 atom stereocenters. The van der Waals surface area contributed by atoms with Gasteiger partial charge in [-0.15, -0.1) is 11.3 Å². The normalized spacial score (nSPS) is 22.5. The van der Waals surface area contributed by atoms with Crippen molar-refractivity contribution in [3.05, 3.63) is 28.5 Å². The maximum Gasteiger partial charge on any atom is 0.254 e. The molecule has 2 amide bonds. The number of aryl methyl sites for hydroxylation is 1. The van der Waals surface area contributed by atoms with Crippen molar-refractivity contribution in [2.75, 3.05) is 11.9 Å². The Bertz CT molecular complexity index is 784. The summed E-state index contributed by atoms with van der Waals surface area (Å²) in [5.74, 6) is -0.0474. The summed E-state index contributed by atoms with van der Waals surface area (Å²) in [6.07, 6.45) is 9.44. The standard InChI is InChI=1S/C19H22N2O4S/c22-16(12-3-4-12)21-18-15(17(23)20-10-11-1-2-11)13-9-19(24-7-8-25-19)6-5-14(13)26-18/h7-8,11-12H,1-6,9-10H2,(H,20,23)(H,21,22). The Labute approximate surface area is 155 Å². The summed E-state index contributed by atoms with van der Waals surface area (Å²) in [5.41, 5.74) is 1.57. The second kappa shape index (κ2) is 6.01. The minimum atomic E-state index is -0.697. The number of rotatable bonds is 5. The lowest BCUT2D eigenvalue weighted by Crippen LogP contribution is -2.37. The van der Waals surface area contributed by atoms with Crippen molar-refractivity contribution < 1.29 is 19.1 Å². The summed E-state index contributed by atoms with van der Waals surface area (Å²) in [6.45, 7) is 0.708. The SMILES string of the molecule is O=C(NCC1CC1)c1c(NC(=O)C2CC2)sc2c1CC1(CC2)OC=CO1.